The maximum absolute atomic E-state index is 13.8. The van der Waals surface area contributed by atoms with E-state index in [4.69, 9.17) is 9.47 Å². The molecule has 0 aliphatic rings. The lowest BCUT2D eigenvalue weighted by atomic mass is 10.2. The van der Waals surface area contributed by atoms with Gasteiger partial charge in [-0.2, -0.15) is 5.10 Å². The fourth-order valence-corrected chi connectivity index (χ4v) is 2.40. The van der Waals surface area contributed by atoms with E-state index < -0.39 is 17.8 Å². The third kappa shape index (κ3) is 6.03. The first kappa shape index (κ1) is 21.8. The Morgan fingerprint density at radius 1 is 1.29 bits per heavy atom. The predicted octanol–water partition coefficient (Wildman–Crippen LogP) is 2.21. The second kappa shape index (κ2) is 10.2. The highest BCUT2D eigenvalue weighted by atomic mass is 19.1. The number of nitrogens with one attached hydrogen (secondary N) is 1. The number of hydrogen-bond donors (Lipinski definition) is 2. The number of methoxy groups -OCH3 is 1. The Bertz CT molecular complexity index is 1070. The molecule has 31 heavy (non-hydrogen) atoms. The fraction of sp³-hybridized carbons (Fsp3) is 0.190. The molecule has 1 unspecified atom stereocenters. The van der Waals surface area contributed by atoms with Crippen LogP contribution in [0.1, 0.15) is 23.0 Å². The first-order valence-corrected chi connectivity index (χ1v) is 9.22. The van der Waals surface area contributed by atoms with Crippen molar-refractivity contribution >= 4 is 12.1 Å². The molecule has 0 saturated heterocycles. The van der Waals surface area contributed by atoms with Gasteiger partial charge in [-0.25, -0.2) is 19.8 Å². The Balaban J connectivity index is 1.67. The van der Waals surface area contributed by atoms with Gasteiger partial charge in [-0.05, 0) is 31.2 Å². The highest BCUT2D eigenvalue weighted by molar-refractivity contribution is 5.93. The summed E-state index contributed by atoms with van der Waals surface area (Å²) >= 11 is 0. The maximum atomic E-state index is 13.8. The van der Waals surface area contributed by atoms with E-state index in [1.807, 2.05) is 0 Å². The van der Waals surface area contributed by atoms with Crippen LogP contribution in [0.15, 0.2) is 54.0 Å². The maximum Gasteiger partial charge on any atom is 0.291 e. The summed E-state index contributed by atoms with van der Waals surface area (Å²) in [6.45, 7) is 1.74. The van der Waals surface area contributed by atoms with E-state index in [0.717, 1.165) is 0 Å². The molecule has 9 nitrogen and oxygen atoms in total. The second-order valence-corrected chi connectivity index (χ2v) is 6.42. The number of hydrazone groups is 1. The van der Waals surface area contributed by atoms with Crippen LogP contribution in [0.25, 0.3) is 11.3 Å². The SMILES string of the molecule is COc1ccc(F)c(/C=N/NC(=O)c2cncc(-c3ccc(OCC(C)O)nc3)n2)c1. The molecule has 2 N–H and O–H groups in total. The summed E-state index contributed by atoms with van der Waals surface area (Å²) in [7, 11) is 1.47. The molecule has 3 aromatic rings. The Hall–Kier alpha value is -3.92. The van der Waals surface area contributed by atoms with Crippen LogP contribution in [-0.2, 0) is 0 Å². The third-order valence-corrected chi connectivity index (χ3v) is 3.94. The summed E-state index contributed by atoms with van der Waals surface area (Å²) < 4.78 is 24.1. The molecule has 0 saturated carbocycles. The van der Waals surface area contributed by atoms with Crippen molar-refractivity contribution in [2.45, 2.75) is 13.0 Å². The number of ether oxygens (including phenoxy) is 2. The Kier molecular flexibility index (Phi) is 7.17. The van der Waals surface area contributed by atoms with E-state index >= 15 is 0 Å². The number of carbonyl (C=O) groups excluding carboxylic acids is 1. The zero-order chi connectivity index (χ0) is 22.2. The number of amides is 1. The number of rotatable bonds is 8. The molecule has 2 aromatic heterocycles. The Labute approximate surface area is 177 Å². The van der Waals surface area contributed by atoms with Crippen LogP contribution in [0, 0.1) is 5.82 Å². The van der Waals surface area contributed by atoms with Crippen molar-refractivity contribution in [3.63, 3.8) is 0 Å². The van der Waals surface area contributed by atoms with Crippen molar-refractivity contribution in [2.75, 3.05) is 13.7 Å². The number of hydrogen-bond acceptors (Lipinski definition) is 8. The second-order valence-electron chi connectivity index (χ2n) is 6.42. The number of aliphatic hydroxyl groups is 1. The summed E-state index contributed by atoms with van der Waals surface area (Å²) in [5.74, 6) is -0.304. The number of nitrogens with zero attached hydrogens (tertiary/aromatic N) is 4. The molecule has 0 aliphatic carbocycles. The molecule has 2 heterocycles. The normalized spacial score (nSPS) is 11.9. The number of pyridine rings is 1. The molecular formula is C21H20FN5O4. The Morgan fingerprint density at radius 3 is 2.84 bits per heavy atom. The third-order valence-electron chi connectivity index (χ3n) is 3.94. The van der Waals surface area contributed by atoms with Gasteiger partial charge in [-0.3, -0.25) is 9.78 Å². The van der Waals surface area contributed by atoms with Gasteiger partial charge in [0.05, 0.1) is 37.5 Å². The van der Waals surface area contributed by atoms with Gasteiger partial charge in [-0.15, -0.1) is 0 Å². The first-order chi connectivity index (χ1) is 15.0. The molecule has 3 rings (SSSR count). The molecule has 160 valence electrons. The van der Waals surface area contributed by atoms with Gasteiger partial charge in [0.25, 0.3) is 5.91 Å². The van der Waals surface area contributed by atoms with Gasteiger partial charge in [0.1, 0.15) is 23.9 Å². The lowest BCUT2D eigenvalue weighted by Crippen LogP contribution is -2.19. The monoisotopic (exact) mass is 425 g/mol. The molecule has 0 bridgehead atoms. The smallest absolute Gasteiger partial charge is 0.291 e. The lowest BCUT2D eigenvalue weighted by Gasteiger charge is -2.08. The topological polar surface area (TPSA) is 119 Å². The largest absolute Gasteiger partial charge is 0.497 e. The van der Waals surface area contributed by atoms with Gasteiger partial charge in [0, 0.05) is 23.4 Å². The van der Waals surface area contributed by atoms with E-state index in [1.54, 1.807) is 19.1 Å². The molecule has 1 aromatic carbocycles. The van der Waals surface area contributed by atoms with Gasteiger partial charge in [0.2, 0.25) is 5.88 Å². The van der Waals surface area contributed by atoms with Gasteiger partial charge in [0.15, 0.2) is 0 Å². The molecule has 0 radical (unpaired) electrons. The van der Waals surface area contributed by atoms with E-state index in [0.29, 0.717) is 22.9 Å². The number of aliphatic hydroxyl groups excluding tert-OH is 1. The van der Waals surface area contributed by atoms with E-state index in [2.05, 4.69) is 25.5 Å². The minimum absolute atomic E-state index is 0.0233. The summed E-state index contributed by atoms with van der Waals surface area (Å²) in [4.78, 5) is 24.7. The van der Waals surface area contributed by atoms with Crippen molar-refractivity contribution in [1.29, 1.82) is 0 Å². The minimum atomic E-state index is -0.612. The van der Waals surface area contributed by atoms with Crippen LogP contribution in [0.2, 0.25) is 0 Å². The van der Waals surface area contributed by atoms with E-state index in [1.165, 1.54) is 50.1 Å². The number of aromatic nitrogens is 3. The molecular weight excluding hydrogens is 405 g/mol. The lowest BCUT2D eigenvalue weighted by molar-refractivity contribution is 0.0950. The van der Waals surface area contributed by atoms with Crippen LogP contribution in [0.5, 0.6) is 11.6 Å². The molecule has 0 spiro atoms. The number of halogens is 1. The van der Waals surface area contributed by atoms with Crippen molar-refractivity contribution in [3.05, 3.63) is 66.0 Å². The summed E-state index contributed by atoms with van der Waals surface area (Å²) in [5.41, 5.74) is 3.51. The number of carbonyl (C=O) groups is 1. The molecule has 0 fully saturated rings. The summed E-state index contributed by atoms with van der Waals surface area (Å²) in [6, 6.07) is 7.50. The van der Waals surface area contributed by atoms with Crippen LogP contribution in [0.4, 0.5) is 4.39 Å². The predicted molar refractivity (Wildman–Crippen MR) is 110 cm³/mol. The molecule has 10 heteroatoms. The van der Waals surface area contributed by atoms with Crippen LogP contribution < -0.4 is 14.9 Å². The summed E-state index contributed by atoms with van der Waals surface area (Å²) in [5, 5.41) is 13.0. The van der Waals surface area contributed by atoms with Gasteiger partial charge >= 0.3 is 0 Å². The van der Waals surface area contributed by atoms with Crippen molar-refractivity contribution in [2.24, 2.45) is 5.10 Å². The zero-order valence-electron chi connectivity index (χ0n) is 16.8. The summed E-state index contributed by atoms with van der Waals surface area (Å²) in [6.07, 6.45) is 4.86. The van der Waals surface area contributed by atoms with Crippen LogP contribution in [-0.4, -0.2) is 52.0 Å². The van der Waals surface area contributed by atoms with Crippen molar-refractivity contribution in [1.82, 2.24) is 20.4 Å². The Morgan fingerprint density at radius 2 is 2.13 bits per heavy atom. The molecule has 0 aliphatic heterocycles. The van der Waals surface area contributed by atoms with E-state index in [9.17, 15) is 14.3 Å². The first-order valence-electron chi connectivity index (χ1n) is 9.22. The van der Waals surface area contributed by atoms with Crippen LogP contribution >= 0.6 is 0 Å². The average Bonchev–Trinajstić information content (AvgIpc) is 2.79. The quantitative estimate of drug-likeness (QED) is 0.419. The highest BCUT2D eigenvalue weighted by Gasteiger charge is 2.10. The van der Waals surface area contributed by atoms with Gasteiger partial charge in [-0.1, -0.05) is 0 Å². The van der Waals surface area contributed by atoms with Crippen molar-refractivity contribution in [3.8, 4) is 22.9 Å². The van der Waals surface area contributed by atoms with E-state index in [-0.39, 0.29) is 17.9 Å². The molecule has 1 atom stereocenters. The van der Waals surface area contributed by atoms with Gasteiger partial charge < -0.3 is 14.6 Å². The minimum Gasteiger partial charge on any atom is -0.497 e. The highest BCUT2D eigenvalue weighted by Crippen LogP contribution is 2.18. The number of benzene rings is 1. The van der Waals surface area contributed by atoms with Crippen molar-refractivity contribution < 1.29 is 23.8 Å². The standard InChI is InChI=1S/C21H20FN5O4/c1-13(28)12-31-20-6-3-14(8-24-20)18-10-23-11-19(26-18)21(29)27-25-9-15-7-16(30-2)4-5-17(15)22/h3-11,13,28H,12H2,1-2H3,(H,27,29)/b25-9+. The molecule has 1 amide bonds. The average molecular weight is 425 g/mol. The van der Waals surface area contributed by atoms with Crippen LogP contribution in [0.3, 0.4) is 0 Å². The fourth-order valence-electron chi connectivity index (χ4n) is 2.40. The zero-order valence-corrected chi connectivity index (χ0v) is 16.8.